The van der Waals surface area contributed by atoms with Crippen LogP contribution in [0.25, 0.3) is 0 Å². The molecular formula is C12H17N5S. The molecule has 0 radical (unpaired) electrons. The van der Waals surface area contributed by atoms with Gasteiger partial charge < -0.3 is 5.73 Å². The van der Waals surface area contributed by atoms with E-state index in [2.05, 4.69) is 26.1 Å². The van der Waals surface area contributed by atoms with Gasteiger partial charge in [-0.1, -0.05) is 0 Å². The first-order valence-corrected chi connectivity index (χ1v) is 7.05. The van der Waals surface area contributed by atoms with E-state index < -0.39 is 0 Å². The number of anilines is 1. The predicted octanol–water partition coefficient (Wildman–Crippen LogP) is 1.83. The Labute approximate surface area is 110 Å². The summed E-state index contributed by atoms with van der Waals surface area (Å²) in [6.07, 6.45) is 6.19. The van der Waals surface area contributed by atoms with Gasteiger partial charge in [0.2, 0.25) is 0 Å². The molecule has 0 unspecified atom stereocenters. The fourth-order valence-corrected chi connectivity index (χ4v) is 3.29. The number of thiazole rings is 1. The maximum absolute atomic E-state index is 5.66. The second-order valence-corrected chi connectivity index (χ2v) is 5.90. The lowest BCUT2D eigenvalue weighted by Gasteiger charge is -2.31. The van der Waals surface area contributed by atoms with Gasteiger partial charge in [-0.2, -0.15) is 5.10 Å². The molecule has 2 aromatic rings. The van der Waals surface area contributed by atoms with Crippen LogP contribution in [-0.4, -0.2) is 33.2 Å². The van der Waals surface area contributed by atoms with Crippen LogP contribution < -0.4 is 5.73 Å². The van der Waals surface area contributed by atoms with Crippen molar-refractivity contribution in [2.24, 2.45) is 0 Å². The Kier molecular flexibility index (Phi) is 3.29. The van der Waals surface area contributed by atoms with Crippen LogP contribution in [0.15, 0.2) is 18.5 Å². The van der Waals surface area contributed by atoms with Gasteiger partial charge in [0, 0.05) is 42.0 Å². The molecule has 18 heavy (non-hydrogen) atoms. The van der Waals surface area contributed by atoms with Gasteiger partial charge in [-0.15, -0.1) is 11.3 Å². The highest BCUT2D eigenvalue weighted by Gasteiger charge is 2.22. The minimum Gasteiger partial charge on any atom is -0.375 e. The summed E-state index contributed by atoms with van der Waals surface area (Å²) < 4.78 is 0. The van der Waals surface area contributed by atoms with E-state index >= 15 is 0 Å². The van der Waals surface area contributed by atoms with E-state index in [0.29, 0.717) is 11.0 Å². The van der Waals surface area contributed by atoms with Gasteiger partial charge in [0.25, 0.3) is 0 Å². The van der Waals surface area contributed by atoms with Gasteiger partial charge >= 0.3 is 0 Å². The van der Waals surface area contributed by atoms with Crippen LogP contribution in [0.3, 0.4) is 0 Å². The summed E-state index contributed by atoms with van der Waals surface area (Å²) in [4.78, 5) is 7.83. The Balaban J connectivity index is 1.63. The molecule has 0 bridgehead atoms. The first-order valence-electron chi connectivity index (χ1n) is 6.23. The molecule has 0 aliphatic carbocycles. The number of nitrogens with zero attached hydrogens (tertiary/aromatic N) is 3. The second-order valence-electron chi connectivity index (χ2n) is 4.75. The van der Waals surface area contributed by atoms with E-state index in [0.717, 1.165) is 19.6 Å². The Hall–Kier alpha value is -1.40. The summed E-state index contributed by atoms with van der Waals surface area (Å²) in [5.74, 6) is 0.575. The van der Waals surface area contributed by atoms with E-state index in [1.807, 2.05) is 12.4 Å². The van der Waals surface area contributed by atoms with Crippen molar-refractivity contribution in [3.05, 3.63) is 29.0 Å². The van der Waals surface area contributed by atoms with E-state index in [4.69, 9.17) is 5.73 Å². The number of nitrogen functional groups attached to an aromatic ring is 1. The maximum Gasteiger partial charge on any atom is 0.180 e. The summed E-state index contributed by atoms with van der Waals surface area (Å²) in [5.41, 5.74) is 6.92. The zero-order chi connectivity index (χ0) is 12.4. The summed E-state index contributed by atoms with van der Waals surface area (Å²) in [7, 11) is 0. The van der Waals surface area contributed by atoms with Gasteiger partial charge in [-0.25, -0.2) is 4.98 Å². The quantitative estimate of drug-likeness (QED) is 0.886. The molecule has 0 aromatic carbocycles. The third-order valence-corrected chi connectivity index (χ3v) is 4.23. The second kappa shape index (κ2) is 5.07. The van der Waals surface area contributed by atoms with Crippen molar-refractivity contribution in [2.45, 2.75) is 25.3 Å². The van der Waals surface area contributed by atoms with Crippen LogP contribution in [0.4, 0.5) is 5.13 Å². The number of piperidine rings is 1. The Bertz CT molecular complexity index is 492. The molecule has 5 nitrogen and oxygen atoms in total. The highest BCUT2D eigenvalue weighted by atomic mass is 32.1. The number of hydrogen-bond donors (Lipinski definition) is 2. The van der Waals surface area contributed by atoms with Crippen molar-refractivity contribution in [1.29, 1.82) is 0 Å². The largest absolute Gasteiger partial charge is 0.375 e. The molecule has 3 rings (SSSR count). The minimum atomic E-state index is 0.575. The highest BCUT2D eigenvalue weighted by Crippen LogP contribution is 2.27. The maximum atomic E-state index is 5.66. The van der Waals surface area contributed by atoms with Crippen LogP contribution in [0, 0.1) is 0 Å². The van der Waals surface area contributed by atoms with Crippen molar-refractivity contribution >= 4 is 16.5 Å². The fraction of sp³-hybridized carbons (Fsp3) is 0.500. The van der Waals surface area contributed by atoms with Gasteiger partial charge in [0.05, 0.1) is 0 Å². The molecule has 1 saturated heterocycles. The number of H-pyrrole nitrogens is 1. The average molecular weight is 263 g/mol. The van der Waals surface area contributed by atoms with E-state index in [1.54, 1.807) is 11.3 Å². The molecule has 3 heterocycles. The molecule has 1 aliphatic rings. The SMILES string of the molecule is Nc1ncc(CN2CCC[C@@H](c3ccn[nH]3)C2)s1. The zero-order valence-electron chi connectivity index (χ0n) is 10.2. The van der Waals surface area contributed by atoms with Gasteiger partial charge in [-0.3, -0.25) is 10.00 Å². The number of aromatic nitrogens is 3. The van der Waals surface area contributed by atoms with Crippen molar-refractivity contribution < 1.29 is 0 Å². The Morgan fingerprint density at radius 2 is 2.50 bits per heavy atom. The number of likely N-dealkylation sites (tertiary alicyclic amines) is 1. The van der Waals surface area contributed by atoms with Crippen LogP contribution in [0.1, 0.15) is 29.3 Å². The number of aromatic amines is 1. The third kappa shape index (κ3) is 2.54. The van der Waals surface area contributed by atoms with Gasteiger partial charge in [-0.05, 0) is 25.5 Å². The first-order chi connectivity index (χ1) is 8.81. The lowest BCUT2D eigenvalue weighted by Crippen LogP contribution is -2.33. The van der Waals surface area contributed by atoms with Crippen LogP contribution >= 0.6 is 11.3 Å². The average Bonchev–Trinajstić information content (AvgIpc) is 3.01. The third-order valence-electron chi connectivity index (χ3n) is 3.42. The fourth-order valence-electron chi connectivity index (χ4n) is 2.56. The van der Waals surface area contributed by atoms with Crippen molar-refractivity contribution in [2.75, 3.05) is 18.8 Å². The van der Waals surface area contributed by atoms with Crippen LogP contribution in [0.5, 0.6) is 0 Å². The molecule has 1 aliphatic heterocycles. The summed E-state index contributed by atoms with van der Waals surface area (Å²) in [5, 5.41) is 7.79. The van der Waals surface area contributed by atoms with Crippen molar-refractivity contribution in [1.82, 2.24) is 20.1 Å². The molecular weight excluding hydrogens is 246 g/mol. The Morgan fingerprint density at radius 3 is 3.22 bits per heavy atom. The van der Waals surface area contributed by atoms with Gasteiger partial charge in [0.1, 0.15) is 0 Å². The number of hydrogen-bond acceptors (Lipinski definition) is 5. The first kappa shape index (κ1) is 11.7. The number of nitrogens with one attached hydrogen (secondary N) is 1. The highest BCUT2D eigenvalue weighted by molar-refractivity contribution is 7.15. The summed E-state index contributed by atoms with van der Waals surface area (Å²) in [6.45, 7) is 3.20. The molecule has 2 aromatic heterocycles. The lowest BCUT2D eigenvalue weighted by molar-refractivity contribution is 0.200. The van der Waals surface area contributed by atoms with E-state index in [-0.39, 0.29) is 0 Å². The molecule has 3 N–H and O–H groups in total. The molecule has 0 amide bonds. The number of rotatable bonds is 3. The standard InChI is InChI=1S/C12H17N5S/c13-12-14-6-10(18-12)8-17-5-1-2-9(7-17)11-3-4-15-16-11/h3-4,6,9H,1-2,5,7-8H2,(H2,13,14)(H,15,16)/t9-/m1/s1. The molecule has 1 atom stereocenters. The Morgan fingerprint density at radius 1 is 1.56 bits per heavy atom. The normalized spacial score (nSPS) is 21.2. The molecule has 0 spiro atoms. The van der Waals surface area contributed by atoms with Crippen LogP contribution in [-0.2, 0) is 6.54 Å². The zero-order valence-corrected chi connectivity index (χ0v) is 11.0. The summed E-state index contributed by atoms with van der Waals surface area (Å²) in [6, 6.07) is 2.08. The lowest BCUT2D eigenvalue weighted by atomic mass is 9.95. The van der Waals surface area contributed by atoms with Crippen molar-refractivity contribution in [3.63, 3.8) is 0 Å². The van der Waals surface area contributed by atoms with E-state index in [9.17, 15) is 0 Å². The van der Waals surface area contributed by atoms with Gasteiger partial charge in [0.15, 0.2) is 5.13 Å². The number of nitrogens with two attached hydrogens (primary N) is 1. The molecule has 96 valence electrons. The summed E-state index contributed by atoms with van der Waals surface area (Å²) >= 11 is 1.58. The minimum absolute atomic E-state index is 0.575. The monoisotopic (exact) mass is 263 g/mol. The smallest absolute Gasteiger partial charge is 0.180 e. The predicted molar refractivity (Wildman–Crippen MR) is 72.4 cm³/mol. The van der Waals surface area contributed by atoms with E-state index in [1.165, 1.54) is 23.4 Å². The molecule has 0 saturated carbocycles. The topological polar surface area (TPSA) is 70.8 Å². The van der Waals surface area contributed by atoms with Crippen LogP contribution in [0.2, 0.25) is 0 Å². The molecule has 6 heteroatoms. The van der Waals surface area contributed by atoms with Crippen molar-refractivity contribution in [3.8, 4) is 0 Å². The molecule has 1 fully saturated rings.